The van der Waals surface area contributed by atoms with E-state index in [0.717, 1.165) is 6.07 Å². The molecule has 4 aromatic rings. The number of allylic oxidation sites excluding steroid dienone is 1. The molecule has 5 rings (SSSR count). The van der Waals surface area contributed by atoms with Crippen molar-refractivity contribution in [3.8, 4) is 28.7 Å². The van der Waals surface area contributed by atoms with Crippen molar-refractivity contribution in [2.24, 2.45) is 5.73 Å². The molecule has 4 N–H and O–H groups in total. The Hall–Kier alpha value is -4.91. The van der Waals surface area contributed by atoms with Crippen molar-refractivity contribution in [1.29, 1.82) is 5.26 Å². The Morgan fingerprint density at radius 1 is 1.03 bits per heavy atom. The molecule has 3 aromatic carbocycles. The summed E-state index contributed by atoms with van der Waals surface area (Å²) in [4.78, 5) is 13.2. The molecule has 0 spiro atoms. The number of nitrogens with two attached hydrogens (primary N) is 2. The lowest BCUT2D eigenvalue weighted by Gasteiger charge is -2.27. The summed E-state index contributed by atoms with van der Waals surface area (Å²) >= 11 is 0. The lowest BCUT2D eigenvalue weighted by atomic mass is 9.82. The van der Waals surface area contributed by atoms with Crippen LogP contribution in [-0.2, 0) is 6.18 Å². The molecule has 186 valence electrons. The minimum atomic E-state index is -4.63. The number of hydrogen-bond acceptors (Lipinski definition) is 7. The van der Waals surface area contributed by atoms with Crippen LogP contribution in [0.1, 0.15) is 22.6 Å². The highest BCUT2D eigenvalue weighted by Crippen LogP contribution is 2.46. The molecule has 0 saturated carbocycles. The van der Waals surface area contributed by atoms with Crippen LogP contribution in [0.5, 0.6) is 11.5 Å². The molecule has 1 unspecified atom stereocenters. The number of halogens is 3. The average molecular weight is 505 g/mol. The van der Waals surface area contributed by atoms with Crippen molar-refractivity contribution in [3.05, 3.63) is 99.2 Å². The quantitative estimate of drug-likeness (QED) is 0.286. The number of methoxy groups -OCH3 is 1. The number of anilines is 1. The minimum absolute atomic E-state index is 0.0240. The first-order valence-corrected chi connectivity index (χ1v) is 10.9. The molecule has 0 radical (unpaired) electrons. The highest BCUT2D eigenvalue weighted by atomic mass is 19.4. The largest absolute Gasteiger partial charge is 0.496 e. The zero-order chi connectivity index (χ0) is 26.5. The molecule has 1 aromatic heterocycles. The minimum Gasteiger partial charge on any atom is -0.496 e. The number of benzene rings is 3. The highest BCUT2D eigenvalue weighted by molar-refractivity contribution is 5.88. The van der Waals surface area contributed by atoms with Crippen LogP contribution in [-0.4, -0.2) is 7.11 Å². The fourth-order valence-corrected chi connectivity index (χ4v) is 4.55. The van der Waals surface area contributed by atoms with E-state index in [1.807, 2.05) is 6.07 Å². The first-order valence-electron chi connectivity index (χ1n) is 10.9. The van der Waals surface area contributed by atoms with Gasteiger partial charge in [-0.15, -0.1) is 0 Å². The van der Waals surface area contributed by atoms with Crippen LogP contribution in [0.4, 0.5) is 18.9 Å². The van der Waals surface area contributed by atoms with Gasteiger partial charge in [0.05, 0.1) is 29.5 Å². The van der Waals surface area contributed by atoms with Crippen molar-refractivity contribution in [2.45, 2.75) is 12.1 Å². The molecule has 0 amide bonds. The van der Waals surface area contributed by atoms with Gasteiger partial charge in [-0.25, -0.2) is 4.79 Å². The zero-order valence-corrected chi connectivity index (χ0v) is 19.2. The summed E-state index contributed by atoms with van der Waals surface area (Å²) in [6.45, 7) is 0. The first-order chi connectivity index (χ1) is 17.6. The Morgan fingerprint density at radius 2 is 1.78 bits per heavy atom. The van der Waals surface area contributed by atoms with E-state index < -0.39 is 23.3 Å². The summed E-state index contributed by atoms with van der Waals surface area (Å²) in [5.41, 5.74) is 11.1. The summed E-state index contributed by atoms with van der Waals surface area (Å²) in [5.74, 6) is -1.10. The summed E-state index contributed by atoms with van der Waals surface area (Å²) in [6.07, 6.45) is -4.63. The molecular weight excluding hydrogens is 487 g/mol. The van der Waals surface area contributed by atoms with Gasteiger partial charge in [-0.1, -0.05) is 24.3 Å². The van der Waals surface area contributed by atoms with Crippen LogP contribution in [0.2, 0.25) is 0 Å². The van der Waals surface area contributed by atoms with Crippen LogP contribution < -0.4 is 26.6 Å². The van der Waals surface area contributed by atoms with Gasteiger partial charge >= 0.3 is 11.8 Å². The summed E-state index contributed by atoms with van der Waals surface area (Å²) < 4.78 is 58.1. The molecule has 7 nitrogen and oxygen atoms in total. The summed E-state index contributed by atoms with van der Waals surface area (Å²) in [5, 5.41) is 10.3. The molecule has 0 saturated heterocycles. The normalized spacial score (nSPS) is 15.2. The number of ether oxygens (including phenoxy) is 2. The number of hydrogen-bond donors (Lipinski definition) is 2. The Bertz CT molecular complexity index is 1700. The van der Waals surface area contributed by atoms with Gasteiger partial charge in [0, 0.05) is 11.3 Å². The SMILES string of the molecule is COc1ccc(C2C(C#N)=C(N)Oc3c2c(=O)oc2ccc(N)cc32)cc1-c1ccccc1C(F)(F)F. The molecule has 1 aliphatic rings. The molecule has 0 aliphatic carbocycles. The highest BCUT2D eigenvalue weighted by Gasteiger charge is 2.37. The van der Waals surface area contributed by atoms with Crippen LogP contribution in [0.15, 0.2) is 81.3 Å². The van der Waals surface area contributed by atoms with E-state index in [1.54, 1.807) is 12.1 Å². The summed E-state index contributed by atoms with van der Waals surface area (Å²) in [7, 11) is 1.34. The van der Waals surface area contributed by atoms with Gasteiger partial charge < -0.3 is 25.4 Å². The van der Waals surface area contributed by atoms with E-state index in [2.05, 4.69) is 0 Å². The van der Waals surface area contributed by atoms with E-state index in [1.165, 1.54) is 49.6 Å². The number of fused-ring (bicyclic) bond motifs is 3. The maximum Gasteiger partial charge on any atom is 0.417 e. The average Bonchev–Trinajstić information content (AvgIpc) is 2.87. The fourth-order valence-electron chi connectivity index (χ4n) is 4.55. The standard InChI is InChI=1S/C27H18F3N3O4/c1-35-20-8-6-13(10-16(20)15-4-2-3-5-19(15)27(28,29)30)22-18(12-31)25(33)37-24-17-11-14(32)7-9-21(17)36-26(34)23(22)24/h2-11,22H,32-33H2,1H3. The van der Waals surface area contributed by atoms with Gasteiger partial charge in [0.2, 0.25) is 5.88 Å². The zero-order valence-electron chi connectivity index (χ0n) is 19.2. The van der Waals surface area contributed by atoms with Gasteiger partial charge in [0.15, 0.2) is 5.75 Å². The Morgan fingerprint density at radius 3 is 2.49 bits per heavy atom. The van der Waals surface area contributed by atoms with Gasteiger partial charge in [0.25, 0.3) is 0 Å². The number of alkyl halides is 3. The molecule has 37 heavy (non-hydrogen) atoms. The fraction of sp³-hybridized carbons (Fsp3) is 0.111. The third-order valence-corrected chi connectivity index (χ3v) is 6.17. The number of nitriles is 1. The van der Waals surface area contributed by atoms with E-state index in [0.29, 0.717) is 16.6 Å². The van der Waals surface area contributed by atoms with E-state index >= 15 is 0 Å². The predicted molar refractivity (Wildman–Crippen MR) is 130 cm³/mol. The molecule has 10 heteroatoms. The third kappa shape index (κ3) is 3.90. The van der Waals surface area contributed by atoms with Gasteiger partial charge in [0.1, 0.15) is 23.0 Å². The van der Waals surface area contributed by atoms with Gasteiger partial charge in [-0.05, 0) is 47.5 Å². The maximum absolute atomic E-state index is 13.8. The lowest BCUT2D eigenvalue weighted by Crippen LogP contribution is -2.26. The van der Waals surface area contributed by atoms with Gasteiger partial charge in [-0.2, -0.15) is 18.4 Å². The number of nitrogen functional groups attached to an aromatic ring is 1. The summed E-state index contributed by atoms with van der Waals surface area (Å²) in [6, 6.07) is 16.1. The lowest BCUT2D eigenvalue weighted by molar-refractivity contribution is -0.137. The van der Waals surface area contributed by atoms with Crippen molar-refractivity contribution in [3.63, 3.8) is 0 Å². The van der Waals surface area contributed by atoms with E-state index in [-0.39, 0.29) is 45.2 Å². The molecule has 0 bridgehead atoms. The Labute approximate surface area is 207 Å². The monoisotopic (exact) mass is 505 g/mol. The third-order valence-electron chi connectivity index (χ3n) is 6.17. The molecule has 0 fully saturated rings. The van der Waals surface area contributed by atoms with E-state index in [4.69, 9.17) is 25.4 Å². The van der Waals surface area contributed by atoms with Crippen LogP contribution in [0.25, 0.3) is 22.1 Å². The number of rotatable bonds is 3. The second-order valence-corrected chi connectivity index (χ2v) is 8.32. The second kappa shape index (κ2) is 8.64. The van der Waals surface area contributed by atoms with Crippen molar-refractivity contribution in [1.82, 2.24) is 0 Å². The first kappa shape index (κ1) is 23.8. The number of nitrogens with zero attached hydrogens (tertiary/aromatic N) is 1. The molecule has 1 atom stereocenters. The topological polar surface area (TPSA) is 124 Å². The van der Waals surface area contributed by atoms with Crippen molar-refractivity contribution in [2.75, 3.05) is 12.8 Å². The maximum atomic E-state index is 13.8. The Kier molecular flexibility index (Phi) is 5.56. The van der Waals surface area contributed by atoms with Crippen LogP contribution >= 0.6 is 0 Å². The van der Waals surface area contributed by atoms with Crippen molar-refractivity contribution < 1.29 is 27.1 Å². The van der Waals surface area contributed by atoms with Crippen molar-refractivity contribution >= 4 is 16.7 Å². The Balaban J connectivity index is 1.81. The van der Waals surface area contributed by atoms with E-state index in [9.17, 15) is 23.2 Å². The second-order valence-electron chi connectivity index (χ2n) is 8.32. The van der Waals surface area contributed by atoms with Crippen LogP contribution in [0, 0.1) is 11.3 Å². The molecular formula is C27H18F3N3O4. The molecule has 2 heterocycles. The van der Waals surface area contributed by atoms with Crippen LogP contribution in [0.3, 0.4) is 0 Å². The van der Waals surface area contributed by atoms with Gasteiger partial charge in [-0.3, -0.25) is 0 Å². The predicted octanol–water partition coefficient (Wildman–Crippen LogP) is 5.29. The molecule has 1 aliphatic heterocycles. The smallest absolute Gasteiger partial charge is 0.417 e.